The summed E-state index contributed by atoms with van der Waals surface area (Å²) in [5.74, 6) is 0.670. The Balaban J connectivity index is 1.85. The van der Waals surface area contributed by atoms with E-state index in [1.54, 1.807) is 0 Å². The van der Waals surface area contributed by atoms with E-state index < -0.39 is 0 Å². The van der Waals surface area contributed by atoms with E-state index in [-0.39, 0.29) is 0 Å². The van der Waals surface area contributed by atoms with Gasteiger partial charge >= 0.3 is 0 Å². The zero-order valence-corrected chi connectivity index (χ0v) is 12.0. The van der Waals surface area contributed by atoms with Crippen LogP contribution >= 0.6 is 0 Å². The molecule has 3 nitrogen and oxygen atoms in total. The molecule has 1 N–H and O–H groups in total. The van der Waals surface area contributed by atoms with E-state index in [0.717, 1.165) is 32.6 Å². The summed E-state index contributed by atoms with van der Waals surface area (Å²) in [6.45, 7) is 5.18. The second-order valence-electron chi connectivity index (χ2n) is 5.40. The SMILES string of the molecule is CCCNC(CCc1ccccn1)C1CCCOC1. The molecular formula is C16H26N2O. The number of ether oxygens (including phenoxy) is 1. The fourth-order valence-corrected chi connectivity index (χ4v) is 2.77. The number of hydrogen-bond donors (Lipinski definition) is 1. The predicted octanol–water partition coefficient (Wildman–Crippen LogP) is 2.81. The van der Waals surface area contributed by atoms with Crippen LogP contribution in [0.15, 0.2) is 24.4 Å². The number of nitrogens with zero attached hydrogens (tertiary/aromatic N) is 1. The molecule has 1 aliphatic heterocycles. The van der Waals surface area contributed by atoms with Crippen molar-refractivity contribution in [3.05, 3.63) is 30.1 Å². The summed E-state index contributed by atoms with van der Waals surface area (Å²) in [5.41, 5.74) is 1.20. The topological polar surface area (TPSA) is 34.2 Å². The van der Waals surface area contributed by atoms with E-state index in [1.165, 1.54) is 25.0 Å². The van der Waals surface area contributed by atoms with Gasteiger partial charge in [-0.1, -0.05) is 13.0 Å². The maximum absolute atomic E-state index is 5.64. The van der Waals surface area contributed by atoms with Crippen molar-refractivity contribution < 1.29 is 4.74 Å². The Labute approximate surface area is 116 Å². The monoisotopic (exact) mass is 262 g/mol. The number of aromatic nitrogens is 1. The molecule has 0 radical (unpaired) electrons. The van der Waals surface area contributed by atoms with E-state index in [1.807, 2.05) is 12.3 Å². The van der Waals surface area contributed by atoms with Gasteiger partial charge in [0.1, 0.15) is 0 Å². The van der Waals surface area contributed by atoms with Crippen LogP contribution in [-0.4, -0.2) is 30.8 Å². The standard InChI is InChI=1S/C16H26N2O/c1-2-10-18-16(14-6-5-12-19-13-14)9-8-15-7-3-4-11-17-15/h3-4,7,11,14,16,18H,2,5-6,8-10,12-13H2,1H3. The van der Waals surface area contributed by atoms with E-state index in [9.17, 15) is 0 Å². The lowest BCUT2D eigenvalue weighted by atomic mass is 9.90. The van der Waals surface area contributed by atoms with Crippen LogP contribution in [0.1, 0.15) is 38.3 Å². The second kappa shape index (κ2) is 8.28. The Morgan fingerprint density at radius 1 is 1.47 bits per heavy atom. The number of rotatable bonds is 7. The van der Waals surface area contributed by atoms with Crippen LogP contribution in [0.5, 0.6) is 0 Å². The lowest BCUT2D eigenvalue weighted by molar-refractivity contribution is 0.0380. The van der Waals surface area contributed by atoms with Gasteiger partial charge < -0.3 is 10.1 Å². The van der Waals surface area contributed by atoms with Crippen molar-refractivity contribution in [3.8, 4) is 0 Å². The van der Waals surface area contributed by atoms with Crippen LogP contribution in [-0.2, 0) is 11.2 Å². The Kier molecular flexibility index (Phi) is 6.31. The van der Waals surface area contributed by atoms with Gasteiger partial charge in [0, 0.05) is 24.5 Å². The van der Waals surface area contributed by atoms with Crippen LogP contribution in [0.2, 0.25) is 0 Å². The normalized spacial score (nSPS) is 21.2. The van der Waals surface area contributed by atoms with Gasteiger partial charge in [0.05, 0.1) is 6.61 Å². The molecule has 0 bridgehead atoms. The van der Waals surface area contributed by atoms with Crippen molar-refractivity contribution in [1.82, 2.24) is 10.3 Å². The highest BCUT2D eigenvalue weighted by Crippen LogP contribution is 2.20. The second-order valence-corrected chi connectivity index (χ2v) is 5.40. The molecule has 1 fully saturated rings. The molecule has 0 amide bonds. The molecule has 0 aliphatic carbocycles. The van der Waals surface area contributed by atoms with Crippen molar-refractivity contribution in [1.29, 1.82) is 0 Å². The molecule has 3 heteroatoms. The summed E-state index contributed by atoms with van der Waals surface area (Å²) in [7, 11) is 0. The summed E-state index contributed by atoms with van der Waals surface area (Å²) < 4.78 is 5.64. The van der Waals surface area contributed by atoms with Gasteiger partial charge in [0.25, 0.3) is 0 Å². The smallest absolute Gasteiger partial charge is 0.0509 e. The molecule has 1 aliphatic rings. The molecule has 2 heterocycles. The Morgan fingerprint density at radius 2 is 2.42 bits per heavy atom. The third kappa shape index (κ3) is 4.92. The fraction of sp³-hybridized carbons (Fsp3) is 0.688. The number of hydrogen-bond acceptors (Lipinski definition) is 3. The largest absolute Gasteiger partial charge is 0.381 e. The van der Waals surface area contributed by atoms with Crippen molar-refractivity contribution in [2.75, 3.05) is 19.8 Å². The molecule has 106 valence electrons. The lowest BCUT2D eigenvalue weighted by Crippen LogP contribution is -2.41. The van der Waals surface area contributed by atoms with Gasteiger partial charge in [-0.15, -0.1) is 0 Å². The number of aryl methyl sites for hydroxylation is 1. The maximum Gasteiger partial charge on any atom is 0.0509 e. The minimum absolute atomic E-state index is 0.572. The first-order valence-electron chi connectivity index (χ1n) is 7.61. The first kappa shape index (κ1) is 14.5. The van der Waals surface area contributed by atoms with Crippen LogP contribution in [0.4, 0.5) is 0 Å². The molecule has 1 aromatic rings. The van der Waals surface area contributed by atoms with Gasteiger partial charge in [-0.3, -0.25) is 4.98 Å². The molecule has 1 aromatic heterocycles. The first-order chi connectivity index (χ1) is 9.40. The van der Waals surface area contributed by atoms with Gasteiger partial charge in [0.2, 0.25) is 0 Å². The summed E-state index contributed by atoms with van der Waals surface area (Å²) >= 11 is 0. The van der Waals surface area contributed by atoms with Crippen LogP contribution < -0.4 is 5.32 Å². The molecule has 2 unspecified atom stereocenters. The van der Waals surface area contributed by atoms with Gasteiger partial charge in [0.15, 0.2) is 0 Å². The van der Waals surface area contributed by atoms with Gasteiger partial charge in [-0.2, -0.15) is 0 Å². The van der Waals surface area contributed by atoms with Crippen molar-refractivity contribution >= 4 is 0 Å². The van der Waals surface area contributed by atoms with E-state index in [0.29, 0.717) is 12.0 Å². The third-order valence-electron chi connectivity index (χ3n) is 3.86. The van der Waals surface area contributed by atoms with Crippen molar-refractivity contribution in [2.24, 2.45) is 5.92 Å². The quantitative estimate of drug-likeness (QED) is 0.820. The summed E-state index contributed by atoms with van der Waals surface area (Å²) in [6, 6.07) is 6.74. The zero-order valence-electron chi connectivity index (χ0n) is 12.0. The molecule has 1 saturated heterocycles. The summed E-state index contributed by atoms with van der Waals surface area (Å²) in [5, 5.41) is 3.70. The average Bonchev–Trinajstić information content (AvgIpc) is 2.49. The molecule has 0 aromatic carbocycles. The Hall–Kier alpha value is -0.930. The highest BCUT2D eigenvalue weighted by atomic mass is 16.5. The fourth-order valence-electron chi connectivity index (χ4n) is 2.77. The zero-order chi connectivity index (χ0) is 13.3. The summed E-state index contributed by atoms with van der Waals surface area (Å²) in [4.78, 5) is 4.42. The third-order valence-corrected chi connectivity index (χ3v) is 3.86. The Morgan fingerprint density at radius 3 is 3.11 bits per heavy atom. The Bertz CT molecular complexity index is 336. The van der Waals surface area contributed by atoms with Crippen LogP contribution in [0.3, 0.4) is 0 Å². The van der Waals surface area contributed by atoms with Crippen molar-refractivity contribution in [3.63, 3.8) is 0 Å². The molecule has 2 rings (SSSR count). The predicted molar refractivity (Wildman–Crippen MR) is 78.2 cm³/mol. The number of nitrogens with one attached hydrogen (secondary N) is 1. The van der Waals surface area contributed by atoms with Crippen molar-refractivity contribution in [2.45, 2.75) is 45.1 Å². The van der Waals surface area contributed by atoms with E-state index >= 15 is 0 Å². The van der Waals surface area contributed by atoms with Gasteiger partial charge in [-0.05, 0) is 56.7 Å². The van der Waals surface area contributed by atoms with E-state index in [2.05, 4.69) is 29.4 Å². The minimum Gasteiger partial charge on any atom is -0.381 e. The highest BCUT2D eigenvalue weighted by molar-refractivity contribution is 5.04. The molecule has 2 atom stereocenters. The van der Waals surface area contributed by atoms with Gasteiger partial charge in [-0.25, -0.2) is 0 Å². The summed E-state index contributed by atoms with van der Waals surface area (Å²) in [6.07, 6.45) is 7.78. The lowest BCUT2D eigenvalue weighted by Gasteiger charge is -2.31. The minimum atomic E-state index is 0.572. The molecule has 0 spiro atoms. The maximum atomic E-state index is 5.64. The molecule has 0 saturated carbocycles. The van der Waals surface area contributed by atoms with Crippen LogP contribution in [0.25, 0.3) is 0 Å². The van der Waals surface area contributed by atoms with Crippen LogP contribution in [0, 0.1) is 5.92 Å². The average molecular weight is 262 g/mol. The molecular weight excluding hydrogens is 236 g/mol. The number of pyridine rings is 1. The van der Waals surface area contributed by atoms with E-state index in [4.69, 9.17) is 4.74 Å². The molecule has 19 heavy (non-hydrogen) atoms. The highest BCUT2D eigenvalue weighted by Gasteiger charge is 2.23. The first-order valence-corrected chi connectivity index (χ1v) is 7.61.